The molecule has 1 atom stereocenters. The van der Waals surface area contributed by atoms with E-state index in [1.165, 1.54) is 19.1 Å². The lowest BCUT2D eigenvalue weighted by atomic mass is 9.95. The van der Waals surface area contributed by atoms with Crippen molar-refractivity contribution in [1.82, 2.24) is 4.90 Å². The zero-order chi connectivity index (χ0) is 26.5. The van der Waals surface area contributed by atoms with Gasteiger partial charge in [-0.3, -0.25) is 9.59 Å². The van der Waals surface area contributed by atoms with Crippen molar-refractivity contribution in [2.24, 2.45) is 0 Å². The molecule has 8 heteroatoms. The first-order chi connectivity index (χ1) is 17.9. The molecule has 37 heavy (non-hydrogen) atoms. The van der Waals surface area contributed by atoms with Gasteiger partial charge in [-0.25, -0.2) is 0 Å². The lowest BCUT2D eigenvalue weighted by molar-refractivity contribution is -0.139. The summed E-state index contributed by atoms with van der Waals surface area (Å²) in [5, 5.41) is 11.3. The van der Waals surface area contributed by atoms with Crippen LogP contribution in [-0.4, -0.2) is 56.7 Å². The first-order valence-corrected chi connectivity index (χ1v) is 11.7. The minimum atomic E-state index is -0.804. The van der Waals surface area contributed by atoms with E-state index in [1.807, 2.05) is 24.3 Å². The summed E-state index contributed by atoms with van der Waals surface area (Å²) in [6.07, 6.45) is 0.508. The number of likely N-dealkylation sites (tertiary alicyclic amines) is 1. The predicted molar refractivity (Wildman–Crippen MR) is 138 cm³/mol. The molecule has 1 amide bonds. The van der Waals surface area contributed by atoms with Gasteiger partial charge < -0.3 is 29.0 Å². The van der Waals surface area contributed by atoms with Gasteiger partial charge in [0.1, 0.15) is 17.3 Å². The van der Waals surface area contributed by atoms with Crippen molar-refractivity contribution in [3.8, 4) is 23.0 Å². The summed E-state index contributed by atoms with van der Waals surface area (Å²) in [5.74, 6) is 0.443. The smallest absolute Gasteiger partial charge is 0.295 e. The molecule has 0 aliphatic carbocycles. The molecule has 1 N–H and O–H groups in total. The molecule has 1 aliphatic heterocycles. The van der Waals surface area contributed by atoms with E-state index in [0.717, 1.165) is 11.3 Å². The Morgan fingerprint density at radius 1 is 0.811 bits per heavy atom. The lowest BCUT2D eigenvalue weighted by Gasteiger charge is -2.25. The van der Waals surface area contributed by atoms with Crippen LogP contribution in [0.15, 0.2) is 72.3 Å². The number of nitrogens with zero attached hydrogens (tertiary/aromatic N) is 1. The van der Waals surface area contributed by atoms with E-state index >= 15 is 0 Å². The maximum absolute atomic E-state index is 13.3. The van der Waals surface area contributed by atoms with Crippen molar-refractivity contribution in [2.75, 3.05) is 35.0 Å². The summed E-state index contributed by atoms with van der Waals surface area (Å²) in [6, 6.07) is 18.7. The number of hydrogen-bond acceptors (Lipinski definition) is 7. The normalized spacial score (nSPS) is 16.5. The number of Topliss-reactive ketones (excluding diaryl/α,β-unsaturated/α-hetero) is 1. The standard InChI is InChI=1S/C29H29NO7/c1-34-21-11-8-18(9-12-21)14-15-30-26(19-6-5-7-22(16-19)35-2)25(28(32)29(30)33)27(31)20-10-13-23(36-3)24(17-20)37-4/h5-13,16-17,26,31H,14-15H2,1-4H3/b27-25-. The predicted octanol–water partition coefficient (Wildman–Crippen LogP) is 4.39. The Kier molecular flexibility index (Phi) is 7.67. The van der Waals surface area contributed by atoms with Gasteiger partial charge in [0.25, 0.3) is 11.7 Å². The third kappa shape index (κ3) is 5.09. The van der Waals surface area contributed by atoms with Crippen molar-refractivity contribution in [3.63, 3.8) is 0 Å². The van der Waals surface area contributed by atoms with Crippen LogP contribution in [-0.2, 0) is 16.0 Å². The van der Waals surface area contributed by atoms with E-state index < -0.39 is 17.7 Å². The molecular formula is C29H29NO7. The van der Waals surface area contributed by atoms with Crippen LogP contribution < -0.4 is 18.9 Å². The van der Waals surface area contributed by atoms with E-state index in [2.05, 4.69) is 0 Å². The summed E-state index contributed by atoms with van der Waals surface area (Å²) in [6.45, 7) is 0.265. The van der Waals surface area contributed by atoms with Gasteiger partial charge in [-0.05, 0) is 60.0 Å². The SMILES string of the molecule is COc1ccc(CCN2C(=O)C(=O)/C(=C(\O)c3ccc(OC)c(OC)c3)C2c2cccc(OC)c2)cc1. The average molecular weight is 504 g/mol. The highest BCUT2D eigenvalue weighted by molar-refractivity contribution is 6.46. The monoisotopic (exact) mass is 503 g/mol. The number of ether oxygens (including phenoxy) is 4. The fraction of sp³-hybridized carbons (Fsp3) is 0.241. The molecular weight excluding hydrogens is 474 g/mol. The van der Waals surface area contributed by atoms with Gasteiger partial charge in [0, 0.05) is 12.1 Å². The van der Waals surface area contributed by atoms with Crippen LogP contribution in [0.25, 0.3) is 5.76 Å². The summed E-state index contributed by atoms with van der Waals surface area (Å²) in [4.78, 5) is 28.1. The third-order valence-electron chi connectivity index (χ3n) is 6.41. The van der Waals surface area contributed by atoms with Crippen LogP contribution >= 0.6 is 0 Å². The Labute approximate surface area is 215 Å². The van der Waals surface area contributed by atoms with Crippen molar-refractivity contribution in [2.45, 2.75) is 12.5 Å². The van der Waals surface area contributed by atoms with Gasteiger partial charge >= 0.3 is 0 Å². The summed E-state index contributed by atoms with van der Waals surface area (Å²) in [7, 11) is 6.13. The number of ketones is 1. The number of aliphatic hydroxyl groups excluding tert-OH is 1. The first-order valence-electron chi connectivity index (χ1n) is 11.7. The molecule has 1 fully saturated rings. The molecule has 4 rings (SSSR count). The number of benzene rings is 3. The second-order valence-corrected chi connectivity index (χ2v) is 8.44. The molecule has 192 valence electrons. The molecule has 0 bridgehead atoms. The van der Waals surface area contributed by atoms with Crippen LogP contribution in [0.5, 0.6) is 23.0 Å². The molecule has 3 aromatic rings. The maximum Gasteiger partial charge on any atom is 0.295 e. The quantitative estimate of drug-likeness (QED) is 0.263. The minimum absolute atomic E-state index is 0.000189. The number of rotatable bonds is 9. The van der Waals surface area contributed by atoms with Crippen molar-refractivity contribution in [1.29, 1.82) is 0 Å². The molecule has 3 aromatic carbocycles. The maximum atomic E-state index is 13.3. The highest BCUT2D eigenvalue weighted by Crippen LogP contribution is 2.41. The minimum Gasteiger partial charge on any atom is -0.507 e. The number of amides is 1. The van der Waals surface area contributed by atoms with Crippen molar-refractivity contribution >= 4 is 17.4 Å². The van der Waals surface area contributed by atoms with Gasteiger partial charge in [-0.15, -0.1) is 0 Å². The second-order valence-electron chi connectivity index (χ2n) is 8.44. The molecule has 0 saturated carbocycles. The van der Waals surface area contributed by atoms with Crippen LogP contribution in [0.3, 0.4) is 0 Å². The summed E-state index contributed by atoms with van der Waals surface area (Å²) >= 11 is 0. The molecule has 1 heterocycles. The van der Waals surface area contributed by atoms with Crippen LogP contribution in [0, 0.1) is 0 Å². The molecule has 1 aliphatic rings. The highest BCUT2D eigenvalue weighted by Gasteiger charge is 2.46. The van der Waals surface area contributed by atoms with E-state index in [4.69, 9.17) is 18.9 Å². The highest BCUT2D eigenvalue weighted by atomic mass is 16.5. The Balaban J connectivity index is 1.78. The Bertz CT molecular complexity index is 1330. The third-order valence-corrected chi connectivity index (χ3v) is 6.41. The van der Waals surface area contributed by atoms with Crippen molar-refractivity contribution in [3.05, 3.63) is 89.0 Å². The fourth-order valence-electron chi connectivity index (χ4n) is 4.45. The zero-order valence-corrected chi connectivity index (χ0v) is 21.2. The topological polar surface area (TPSA) is 94.5 Å². The van der Waals surface area contributed by atoms with E-state index in [1.54, 1.807) is 56.7 Å². The average Bonchev–Trinajstić information content (AvgIpc) is 3.20. The molecule has 0 aromatic heterocycles. The summed E-state index contributed by atoms with van der Waals surface area (Å²) in [5.41, 5.74) is 1.96. The van der Waals surface area contributed by atoms with E-state index in [0.29, 0.717) is 34.8 Å². The van der Waals surface area contributed by atoms with E-state index in [-0.39, 0.29) is 17.9 Å². The Morgan fingerprint density at radius 3 is 2.16 bits per heavy atom. The van der Waals surface area contributed by atoms with Gasteiger partial charge in [0.2, 0.25) is 0 Å². The second kappa shape index (κ2) is 11.1. The van der Waals surface area contributed by atoms with Gasteiger partial charge in [0.15, 0.2) is 11.5 Å². The fourth-order valence-corrected chi connectivity index (χ4v) is 4.45. The zero-order valence-electron chi connectivity index (χ0n) is 21.2. The molecule has 1 unspecified atom stereocenters. The molecule has 8 nitrogen and oxygen atoms in total. The number of hydrogen-bond donors (Lipinski definition) is 1. The Morgan fingerprint density at radius 2 is 1.51 bits per heavy atom. The van der Waals surface area contributed by atoms with Crippen molar-refractivity contribution < 1.29 is 33.6 Å². The van der Waals surface area contributed by atoms with E-state index in [9.17, 15) is 14.7 Å². The van der Waals surface area contributed by atoms with Gasteiger partial charge in [-0.2, -0.15) is 0 Å². The Hall–Kier alpha value is -4.46. The number of aliphatic hydroxyl groups is 1. The van der Waals surface area contributed by atoms with Crippen LogP contribution in [0.4, 0.5) is 0 Å². The van der Waals surface area contributed by atoms with Crippen LogP contribution in [0.1, 0.15) is 22.7 Å². The van der Waals surface area contributed by atoms with Crippen LogP contribution in [0.2, 0.25) is 0 Å². The molecule has 1 saturated heterocycles. The largest absolute Gasteiger partial charge is 0.507 e. The van der Waals surface area contributed by atoms with Gasteiger partial charge in [0.05, 0.1) is 40.1 Å². The first kappa shape index (κ1) is 25.6. The lowest BCUT2D eigenvalue weighted by Crippen LogP contribution is -2.31. The van der Waals surface area contributed by atoms with Gasteiger partial charge in [-0.1, -0.05) is 24.3 Å². The number of methoxy groups -OCH3 is 4. The number of carbonyl (C=O) groups excluding carboxylic acids is 2. The molecule has 0 radical (unpaired) electrons. The molecule has 0 spiro atoms. The summed E-state index contributed by atoms with van der Waals surface area (Å²) < 4.78 is 21.2. The number of carbonyl (C=O) groups is 2.